The molecule has 0 saturated carbocycles. The number of carbonyl (C=O) groups excluding carboxylic acids is 3. The highest BCUT2D eigenvalue weighted by molar-refractivity contribution is 7.90. The van der Waals surface area contributed by atoms with Gasteiger partial charge in [0.15, 0.2) is 15.6 Å². The normalized spacial score (nSPS) is 15.2. The average Bonchev–Trinajstić information content (AvgIpc) is 3.48. The van der Waals surface area contributed by atoms with Crippen molar-refractivity contribution >= 4 is 38.8 Å². The van der Waals surface area contributed by atoms with Crippen LogP contribution in [0.15, 0.2) is 71.6 Å². The van der Waals surface area contributed by atoms with Gasteiger partial charge in [0.25, 0.3) is 5.91 Å². The molecule has 2 amide bonds. The van der Waals surface area contributed by atoms with Gasteiger partial charge in [-0.05, 0) is 68.5 Å². The number of likely N-dealkylation sites (N-methyl/N-ethyl adjacent to an activating group) is 1. The lowest BCUT2D eigenvalue weighted by molar-refractivity contribution is -0.133. The summed E-state index contributed by atoms with van der Waals surface area (Å²) >= 11 is 1.21. The van der Waals surface area contributed by atoms with Crippen LogP contribution in [0.25, 0.3) is 0 Å². The SMILES string of the molecule is CCN(C(=O)Cc1ccc(S(C)(=O)=O)cc1)C1CCN(CC[C@H](NC(=O)c2ccc(C(C)=O)s2)c2ccccc2)CC1. The third kappa shape index (κ3) is 8.36. The molecule has 224 valence electrons. The van der Waals surface area contributed by atoms with Gasteiger partial charge >= 0.3 is 0 Å². The number of carbonyl (C=O) groups is 3. The predicted octanol–water partition coefficient (Wildman–Crippen LogP) is 4.77. The van der Waals surface area contributed by atoms with Crippen molar-refractivity contribution in [1.82, 2.24) is 15.1 Å². The first-order valence-electron chi connectivity index (χ1n) is 14.3. The van der Waals surface area contributed by atoms with E-state index in [2.05, 4.69) is 10.2 Å². The van der Waals surface area contributed by atoms with Crippen LogP contribution in [0.5, 0.6) is 0 Å². The molecule has 1 saturated heterocycles. The maximum atomic E-state index is 13.2. The van der Waals surface area contributed by atoms with Gasteiger partial charge in [-0.25, -0.2) is 8.42 Å². The van der Waals surface area contributed by atoms with Crippen LogP contribution in [0, 0.1) is 0 Å². The Bertz CT molecular complexity index is 1480. The molecule has 2 heterocycles. The molecule has 1 N–H and O–H groups in total. The number of piperidine rings is 1. The number of amides is 2. The van der Waals surface area contributed by atoms with E-state index in [1.54, 1.807) is 36.4 Å². The molecule has 1 aliphatic rings. The van der Waals surface area contributed by atoms with Gasteiger partial charge in [-0.15, -0.1) is 11.3 Å². The molecule has 42 heavy (non-hydrogen) atoms. The van der Waals surface area contributed by atoms with E-state index in [-0.39, 0.29) is 41.0 Å². The highest BCUT2D eigenvalue weighted by atomic mass is 32.2. The topological polar surface area (TPSA) is 104 Å². The second kappa shape index (κ2) is 14.2. The lowest BCUT2D eigenvalue weighted by Crippen LogP contribution is -2.48. The van der Waals surface area contributed by atoms with Crippen LogP contribution in [0.3, 0.4) is 0 Å². The highest BCUT2D eigenvalue weighted by Gasteiger charge is 2.28. The smallest absolute Gasteiger partial charge is 0.261 e. The first-order chi connectivity index (χ1) is 20.0. The minimum Gasteiger partial charge on any atom is -0.344 e. The van der Waals surface area contributed by atoms with E-state index in [0.29, 0.717) is 16.3 Å². The van der Waals surface area contributed by atoms with Gasteiger partial charge in [0.1, 0.15) is 0 Å². The van der Waals surface area contributed by atoms with Crippen LogP contribution < -0.4 is 5.32 Å². The molecule has 10 heteroatoms. The van der Waals surface area contributed by atoms with Crippen molar-refractivity contribution in [2.45, 2.75) is 56.5 Å². The van der Waals surface area contributed by atoms with Crippen molar-refractivity contribution in [1.29, 1.82) is 0 Å². The van der Waals surface area contributed by atoms with Gasteiger partial charge in [0.2, 0.25) is 5.91 Å². The van der Waals surface area contributed by atoms with Crippen LogP contribution in [-0.2, 0) is 21.1 Å². The van der Waals surface area contributed by atoms with Crippen LogP contribution in [0.4, 0.5) is 0 Å². The van der Waals surface area contributed by atoms with Crippen LogP contribution in [-0.4, -0.2) is 74.3 Å². The largest absolute Gasteiger partial charge is 0.344 e. The number of likely N-dealkylation sites (tertiary alicyclic amines) is 1. The zero-order valence-corrected chi connectivity index (χ0v) is 26.0. The zero-order valence-electron chi connectivity index (χ0n) is 24.4. The third-order valence-electron chi connectivity index (χ3n) is 7.78. The third-order valence-corrected chi connectivity index (χ3v) is 10.1. The molecule has 0 unspecified atom stereocenters. The monoisotopic (exact) mass is 609 g/mol. The van der Waals surface area contributed by atoms with Crippen LogP contribution in [0.2, 0.25) is 0 Å². The maximum Gasteiger partial charge on any atom is 0.261 e. The molecule has 0 spiro atoms. The molecule has 3 aromatic rings. The first kappa shape index (κ1) is 31.6. The van der Waals surface area contributed by atoms with Gasteiger partial charge in [0, 0.05) is 38.5 Å². The average molecular weight is 610 g/mol. The Labute approximate surface area is 252 Å². The molecule has 0 radical (unpaired) electrons. The number of hydrogen-bond donors (Lipinski definition) is 1. The number of thiophene rings is 1. The molecule has 8 nitrogen and oxygen atoms in total. The fourth-order valence-corrected chi connectivity index (χ4v) is 6.86. The molecular formula is C32H39N3O5S2. The molecule has 1 fully saturated rings. The van der Waals surface area contributed by atoms with Crippen molar-refractivity contribution in [3.8, 4) is 0 Å². The van der Waals surface area contributed by atoms with Gasteiger partial charge in [-0.2, -0.15) is 0 Å². The van der Waals surface area contributed by atoms with Gasteiger partial charge < -0.3 is 15.1 Å². The minimum atomic E-state index is -3.27. The quantitative estimate of drug-likeness (QED) is 0.297. The maximum absolute atomic E-state index is 13.2. The van der Waals surface area contributed by atoms with E-state index in [1.807, 2.05) is 42.2 Å². The fourth-order valence-electron chi connectivity index (χ4n) is 5.42. The summed E-state index contributed by atoms with van der Waals surface area (Å²) in [6, 6.07) is 19.9. The molecule has 4 rings (SSSR count). The van der Waals surface area contributed by atoms with Crippen molar-refractivity contribution in [3.63, 3.8) is 0 Å². The van der Waals surface area contributed by atoms with E-state index in [0.717, 1.165) is 50.0 Å². The van der Waals surface area contributed by atoms with E-state index >= 15 is 0 Å². The molecule has 2 aromatic carbocycles. The summed E-state index contributed by atoms with van der Waals surface area (Å²) in [5.41, 5.74) is 1.84. The summed E-state index contributed by atoms with van der Waals surface area (Å²) in [5, 5.41) is 3.17. The lowest BCUT2D eigenvalue weighted by Gasteiger charge is -2.38. The van der Waals surface area contributed by atoms with Crippen molar-refractivity contribution < 1.29 is 22.8 Å². The van der Waals surface area contributed by atoms with Crippen LogP contribution >= 0.6 is 11.3 Å². The Morgan fingerprint density at radius 2 is 1.62 bits per heavy atom. The Morgan fingerprint density at radius 3 is 2.19 bits per heavy atom. The summed E-state index contributed by atoms with van der Waals surface area (Å²) < 4.78 is 23.5. The number of nitrogens with one attached hydrogen (secondary N) is 1. The molecular weight excluding hydrogens is 571 g/mol. The number of Topliss-reactive ketones (excluding diaryl/α,β-unsaturated/α-hetero) is 1. The minimum absolute atomic E-state index is 0.0475. The Kier molecular flexibility index (Phi) is 10.7. The standard InChI is InChI=1S/C32H39N3O5S2/c1-4-35(31(37)22-24-10-12-27(13-11-24)42(3,39)40)26-16-19-34(20-17-26)21-18-28(25-8-6-5-7-9-25)33-32(38)30-15-14-29(41-30)23(2)36/h5-15,26,28H,4,16-22H2,1-3H3,(H,33,38)/t28-/m0/s1. The fraction of sp³-hybridized carbons (Fsp3) is 0.406. The molecule has 1 atom stereocenters. The summed E-state index contributed by atoms with van der Waals surface area (Å²) in [6.45, 7) is 6.65. The van der Waals surface area contributed by atoms with Gasteiger partial charge in [-0.3, -0.25) is 14.4 Å². The number of ketones is 1. The zero-order chi connectivity index (χ0) is 30.3. The summed E-state index contributed by atoms with van der Waals surface area (Å²) in [5.74, 6) is -0.173. The number of benzene rings is 2. The second-order valence-corrected chi connectivity index (χ2v) is 13.9. The lowest BCUT2D eigenvalue weighted by atomic mass is 9.99. The Balaban J connectivity index is 1.31. The summed E-state index contributed by atoms with van der Waals surface area (Å²) in [4.78, 5) is 43.6. The number of rotatable bonds is 12. The summed E-state index contributed by atoms with van der Waals surface area (Å²) in [7, 11) is -3.27. The van der Waals surface area contributed by atoms with Gasteiger partial charge in [-0.1, -0.05) is 42.5 Å². The van der Waals surface area contributed by atoms with Crippen molar-refractivity contribution in [2.24, 2.45) is 0 Å². The van der Waals surface area contributed by atoms with E-state index in [4.69, 9.17) is 0 Å². The Hall–Kier alpha value is -3.34. The first-order valence-corrected chi connectivity index (χ1v) is 17.0. The van der Waals surface area contributed by atoms with Gasteiger partial charge in [0.05, 0.1) is 27.1 Å². The highest BCUT2D eigenvalue weighted by Crippen LogP contribution is 2.24. The second-order valence-electron chi connectivity index (χ2n) is 10.8. The van der Waals surface area contributed by atoms with E-state index < -0.39 is 9.84 Å². The van der Waals surface area contributed by atoms with Crippen molar-refractivity contribution in [3.05, 3.63) is 87.6 Å². The number of hydrogen-bond acceptors (Lipinski definition) is 7. The molecule has 1 aromatic heterocycles. The van der Waals surface area contributed by atoms with E-state index in [1.165, 1.54) is 24.5 Å². The predicted molar refractivity (Wildman–Crippen MR) is 166 cm³/mol. The molecule has 0 bridgehead atoms. The van der Waals surface area contributed by atoms with E-state index in [9.17, 15) is 22.8 Å². The molecule has 1 aliphatic heterocycles. The number of sulfone groups is 1. The van der Waals surface area contributed by atoms with Crippen LogP contribution in [0.1, 0.15) is 69.6 Å². The van der Waals surface area contributed by atoms with Crippen molar-refractivity contribution in [2.75, 3.05) is 32.4 Å². The number of nitrogens with zero attached hydrogens (tertiary/aromatic N) is 2. The Morgan fingerprint density at radius 1 is 0.976 bits per heavy atom. The molecule has 0 aliphatic carbocycles. The summed E-state index contributed by atoms with van der Waals surface area (Å²) in [6.07, 6.45) is 3.91.